The summed E-state index contributed by atoms with van der Waals surface area (Å²) < 4.78 is 0. The molecule has 7 atom stereocenters. The summed E-state index contributed by atoms with van der Waals surface area (Å²) in [5, 5.41) is 0. The van der Waals surface area contributed by atoms with Crippen molar-refractivity contribution in [1.82, 2.24) is 0 Å². The van der Waals surface area contributed by atoms with Crippen molar-refractivity contribution < 1.29 is 4.79 Å². The molecule has 0 radical (unpaired) electrons. The van der Waals surface area contributed by atoms with Crippen LogP contribution in [0.1, 0.15) is 72.1 Å². The first-order valence-corrected chi connectivity index (χ1v) is 9.73. The second-order valence-corrected chi connectivity index (χ2v) is 9.05. The summed E-state index contributed by atoms with van der Waals surface area (Å²) in [4.78, 5) is 12.1. The third-order valence-corrected chi connectivity index (χ3v) is 8.35. The second-order valence-electron chi connectivity index (χ2n) is 9.05. The Morgan fingerprint density at radius 3 is 2.68 bits per heavy atom. The quantitative estimate of drug-likeness (QED) is 0.547. The van der Waals surface area contributed by atoms with Gasteiger partial charge in [0.2, 0.25) is 0 Å². The van der Waals surface area contributed by atoms with E-state index in [1.54, 1.807) is 5.57 Å². The molecule has 4 rings (SSSR count). The molecule has 122 valence electrons. The largest absolute Gasteiger partial charge is 0.299 e. The maximum absolute atomic E-state index is 12.1. The predicted molar refractivity (Wildman–Crippen MR) is 90.4 cm³/mol. The maximum Gasteiger partial charge on any atom is 0.135 e. The lowest BCUT2D eigenvalue weighted by Crippen LogP contribution is -2.48. The first kappa shape index (κ1) is 15.0. The highest BCUT2D eigenvalue weighted by Crippen LogP contribution is 2.64. The topological polar surface area (TPSA) is 17.1 Å². The van der Waals surface area contributed by atoms with Crippen molar-refractivity contribution in [3.63, 3.8) is 0 Å². The van der Waals surface area contributed by atoms with E-state index in [4.69, 9.17) is 0 Å². The van der Waals surface area contributed by atoms with Crippen LogP contribution in [0, 0.1) is 40.9 Å². The van der Waals surface area contributed by atoms with Crippen LogP contribution in [0.5, 0.6) is 0 Å². The van der Waals surface area contributed by atoms with Gasteiger partial charge in [-0.15, -0.1) is 0 Å². The van der Waals surface area contributed by atoms with Crippen LogP contribution in [0.15, 0.2) is 11.6 Å². The highest BCUT2D eigenvalue weighted by molar-refractivity contribution is 5.81. The van der Waals surface area contributed by atoms with Crippen molar-refractivity contribution in [2.75, 3.05) is 0 Å². The molecule has 0 N–H and O–H groups in total. The second kappa shape index (κ2) is 5.21. The summed E-state index contributed by atoms with van der Waals surface area (Å²) in [6, 6.07) is 0. The molecule has 0 heterocycles. The SMILES string of the molecule is C/C=C1/CC[C@H]2[C@@H]3CC[C@H]4CC(=O)[C@@H](C)C[C@@H]4[C@H]3CC[C@]12C. The zero-order valence-electron chi connectivity index (χ0n) is 14.6. The highest BCUT2D eigenvalue weighted by atomic mass is 16.1. The first-order chi connectivity index (χ1) is 10.5. The molecule has 0 bridgehead atoms. The van der Waals surface area contributed by atoms with E-state index in [1.807, 2.05) is 0 Å². The van der Waals surface area contributed by atoms with Gasteiger partial charge in [0.1, 0.15) is 5.78 Å². The fourth-order valence-electron chi connectivity index (χ4n) is 7.18. The van der Waals surface area contributed by atoms with Gasteiger partial charge in [-0.3, -0.25) is 4.79 Å². The van der Waals surface area contributed by atoms with E-state index in [0.717, 1.165) is 36.0 Å². The van der Waals surface area contributed by atoms with Crippen molar-refractivity contribution in [2.24, 2.45) is 40.9 Å². The van der Waals surface area contributed by atoms with E-state index in [9.17, 15) is 4.79 Å². The number of carbonyl (C=O) groups is 1. The Bertz CT molecular complexity index is 504. The number of ketones is 1. The highest BCUT2D eigenvalue weighted by Gasteiger charge is 2.55. The molecular formula is C21H32O. The normalized spacial score (nSPS) is 53.0. The average molecular weight is 300 g/mol. The van der Waals surface area contributed by atoms with Gasteiger partial charge in [-0.1, -0.05) is 25.5 Å². The fraction of sp³-hybridized carbons (Fsp3) is 0.857. The average Bonchev–Trinajstić information content (AvgIpc) is 2.85. The molecule has 4 fully saturated rings. The minimum Gasteiger partial charge on any atom is -0.299 e. The summed E-state index contributed by atoms with van der Waals surface area (Å²) in [5.41, 5.74) is 2.27. The summed E-state index contributed by atoms with van der Waals surface area (Å²) in [7, 11) is 0. The lowest BCUT2D eigenvalue weighted by Gasteiger charge is -2.55. The van der Waals surface area contributed by atoms with E-state index in [2.05, 4.69) is 26.8 Å². The van der Waals surface area contributed by atoms with Gasteiger partial charge in [0.05, 0.1) is 0 Å². The Morgan fingerprint density at radius 2 is 1.91 bits per heavy atom. The van der Waals surface area contributed by atoms with Gasteiger partial charge in [-0.05, 0) is 86.9 Å². The summed E-state index contributed by atoms with van der Waals surface area (Å²) >= 11 is 0. The molecule has 4 aliphatic carbocycles. The molecule has 4 aliphatic rings. The first-order valence-electron chi connectivity index (χ1n) is 9.73. The van der Waals surface area contributed by atoms with E-state index >= 15 is 0 Å². The standard InChI is InChI=1S/C21H32O/c1-4-15-6-8-19-17-7-5-14-12-20(22)13(2)11-18(14)16(17)9-10-21(15,19)3/h4,13-14,16-19H,5-12H2,1-3H3/b15-4-/t13-,14-,16-,17+,18-,19-,21+/m0/s1. The number of carbonyl (C=O) groups excluding carboxylic acids is 1. The van der Waals surface area contributed by atoms with Gasteiger partial charge in [0.25, 0.3) is 0 Å². The van der Waals surface area contributed by atoms with Crippen molar-refractivity contribution in [2.45, 2.75) is 72.1 Å². The minimum absolute atomic E-state index is 0.336. The van der Waals surface area contributed by atoms with Crippen LogP contribution in [-0.4, -0.2) is 5.78 Å². The molecule has 0 saturated heterocycles. The Labute approximate surface area is 135 Å². The Kier molecular flexibility index (Phi) is 3.55. The third-order valence-electron chi connectivity index (χ3n) is 8.35. The Balaban J connectivity index is 1.60. The van der Waals surface area contributed by atoms with E-state index in [-0.39, 0.29) is 0 Å². The smallest absolute Gasteiger partial charge is 0.135 e. The van der Waals surface area contributed by atoms with Gasteiger partial charge in [-0.25, -0.2) is 0 Å². The molecule has 0 unspecified atom stereocenters. The van der Waals surface area contributed by atoms with Crippen LogP contribution in [0.3, 0.4) is 0 Å². The number of rotatable bonds is 0. The lowest BCUT2D eigenvalue weighted by atomic mass is 9.49. The zero-order chi connectivity index (χ0) is 15.5. The van der Waals surface area contributed by atoms with Gasteiger partial charge in [-0.2, -0.15) is 0 Å². The molecule has 0 aromatic carbocycles. The van der Waals surface area contributed by atoms with E-state index in [0.29, 0.717) is 17.1 Å². The molecular weight excluding hydrogens is 268 g/mol. The molecule has 0 aromatic heterocycles. The van der Waals surface area contributed by atoms with E-state index in [1.165, 1.54) is 44.9 Å². The Hall–Kier alpha value is -0.590. The van der Waals surface area contributed by atoms with Gasteiger partial charge < -0.3 is 0 Å². The monoisotopic (exact) mass is 300 g/mol. The number of fused-ring (bicyclic) bond motifs is 5. The van der Waals surface area contributed by atoms with Gasteiger partial charge >= 0.3 is 0 Å². The molecule has 1 heteroatoms. The van der Waals surface area contributed by atoms with Crippen molar-refractivity contribution in [3.8, 4) is 0 Å². The Morgan fingerprint density at radius 1 is 1.09 bits per heavy atom. The van der Waals surface area contributed by atoms with Crippen LogP contribution in [0.4, 0.5) is 0 Å². The van der Waals surface area contributed by atoms with Crippen LogP contribution in [-0.2, 0) is 4.79 Å². The van der Waals surface area contributed by atoms with Gasteiger partial charge in [0, 0.05) is 12.3 Å². The molecule has 0 spiro atoms. The fourth-order valence-corrected chi connectivity index (χ4v) is 7.18. The number of allylic oxidation sites excluding steroid dienone is 2. The predicted octanol–water partition coefficient (Wildman–Crippen LogP) is 5.40. The van der Waals surface area contributed by atoms with Crippen molar-refractivity contribution >= 4 is 5.78 Å². The summed E-state index contributed by atoms with van der Waals surface area (Å²) in [6.07, 6.45) is 12.9. The summed E-state index contributed by atoms with van der Waals surface area (Å²) in [5.74, 6) is 5.32. The molecule has 0 aliphatic heterocycles. The molecule has 4 saturated carbocycles. The number of hydrogen-bond donors (Lipinski definition) is 0. The third kappa shape index (κ3) is 2.00. The minimum atomic E-state index is 0.336. The molecule has 0 amide bonds. The van der Waals surface area contributed by atoms with Crippen LogP contribution < -0.4 is 0 Å². The van der Waals surface area contributed by atoms with E-state index < -0.39 is 0 Å². The molecule has 1 nitrogen and oxygen atoms in total. The number of hydrogen-bond acceptors (Lipinski definition) is 1. The molecule has 0 aromatic rings. The summed E-state index contributed by atoms with van der Waals surface area (Å²) in [6.45, 7) is 7.00. The lowest BCUT2D eigenvalue weighted by molar-refractivity contribution is -0.131. The van der Waals surface area contributed by atoms with Crippen LogP contribution in [0.2, 0.25) is 0 Å². The van der Waals surface area contributed by atoms with Crippen molar-refractivity contribution in [1.29, 1.82) is 0 Å². The van der Waals surface area contributed by atoms with Crippen LogP contribution in [0.25, 0.3) is 0 Å². The van der Waals surface area contributed by atoms with Crippen LogP contribution >= 0.6 is 0 Å². The van der Waals surface area contributed by atoms with Gasteiger partial charge in [0.15, 0.2) is 0 Å². The van der Waals surface area contributed by atoms with Crippen molar-refractivity contribution in [3.05, 3.63) is 11.6 Å². The molecule has 22 heavy (non-hydrogen) atoms. The zero-order valence-corrected chi connectivity index (χ0v) is 14.6. The number of Topliss-reactive ketones (excluding diaryl/α,β-unsaturated/α-hetero) is 1. The maximum atomic E-state index is 12.1.